The molecule has 0 radical (unpaired) electrons. The maximum absolute atomic E-state index is 6.05. The first kappa shape index (κ1) is 11.8. The van der Waals surface area contributed by atoms with Crippen molar-refractivity contribution in [2.45, 2.75) is 13.0 Å². The van der Waals surface area contributed by atoms with Gasteiger partial charge in [0, 0.05) is 25.9 Å². The standard InChI is InChI=1S/C13H17N5O/c1-7-11-8(6-17(2)16-11)10-9(19-4)5-15-13(14)12(10)18(7)3/h5-7H,1-4H3,(H2,14,15). The maximum atomic E-state index is 6.05. The molecule has 0 saturated carbocycles. The minimum Gasteiger partial charge on any atom is -0.494 e. The molecule has 0 spiro atoms. The third kappa shape index (κ3) is 1.49. The Morgan fingerprint density at radius 2 is 2.11 bits per heavy atom. The van der Waals surface area contributed by atoms with Crippen molar-refractivity contribution in [1.29, 1.82) is 0 Å². The predicted molar refractivity (Wildman–Crippen MR) is 74.2 cm³/mol. The van der Waals surface area contributed by atoms with Crippen LogP contribution in [0, 0.1) is 0 Å². The van der Waals surface area contributed by atoms with Gasteiger partial charge in [-0.3, -0.25) is 4.68 Å². The van der Waals surface area contributed by atoms with Crippen LogP contribution in [0.25, 0.3) is 11.1 Å². The molecule has 1 aliphatic rings. The minimum atomic E-state index is 0.153. The Kier molecular flexibility index (Phi) is 2.41. The first-order valence-electron chi connectivity index (χ1n) is 6.13. The number of nitrogens with two attached hydrogens (primary N) is 1. The van der Waals surface area contributed by atoms with Crippen molar-refractivity contribution in [3.8, 4) is 16.9 Å². The highest BCUT2D eigenvalue weighted by Crippen LogP contribution is 2.49. The van der Waals surface area contributed by atoms with E-state index in [1.54, 1.807) is 13.3 Å². The number of rotatable bonds is 1. The summed E-state index contributed by atoms with van der Waals surface area (Å²) in [6, 6.07) is 0.153. The normalized spacial score (nSPS) is 17.1. The highest BCUT2D eigenvalue weighted by atomic mass is 16.5. The smallest absolute Gasteiger partial charge is 0.147 e. The number of anilines is 2. The second-order valence-electron chi connectivity index (χ2n) is 4.82. The van der Waals surface area contributed by atoms with E-state index in [9.17, 15) is 0 Å². The summed E-state index contributed by atoms with van der Waals surface area (Å²) in [5, 5.41) is 4.54. The average Bonchev–Trinajstić information content (AvgIpc) is 2.77. The Bertz CT molecular complexity index is 649. The fourth-order valence-corrected chi connectivity index (χ4v) is 2.65. The van der Waals surface area contributed by atoms with Gasteiger partial charge in [-0.15, -0.1) is 0 Å². The quantitative estimate of drug-likeness (QED) is 0.842. The fraction of sp³-hybridized carbons (Fsp3) is 0.385. The SMILES string of the molecule is COc1cnc(N)c2c1-c1cn(C)nc1C(C)N2C. The summed E-state index contributed by atoms with van der Waals surface area (Å²) in [6.45, 7) is 2.10. The van der Waals surface area contributed by atoms with E-state index in [2.05, 4.69) is 21.9 Å². The molecule has 1 atom stereocenters. The topological polar surface area (TPSA) is 69.2 Å². The van der Waals surface area contributed by atoms with Crippen LogP contribution in [0.3, 0.4) is 0 Å². The number of aryl methyl sites for hydroxylation is 1. The molecule has 0 bridgehead atoms. The summed E-state index contributed by atoms with van der Waals surface area (Å²) in [5.74, 6) is 1.23. The number of nitrogens with zero attached hydrogens (tertiary/aromatic N) is 4. The van der Waals surface area contributed by atoms with Crippen LogP contribution in [0.2, 0.25) is 0 Å². The van der Waals surface area contributed by atoms with Gasteiger partial charge in [-0.05, 0) is 6.92 Å². The molecule has 1 unspecified atom stereocenters. The molecule has 6 heteroatoms. The number of aromatic nitrogens is 3. The predicted octanol–water partition coefficient (Wildman–Crippen LogP) is 1.58. The lowest BCUT2D eigenvalue weighted by Crippen LogP contribution is -2.27. The first-order valence-corrected chi connectivity index (χ1v) is 6.13. The van der Waals surface area contributed by atoms with Crippen LogP contribution in [0.15, 0.2) is 12.4 Å². The number of nitrogen functional groups attached to an aromatic ring is 1. The lowest BCUT2D eigenvalue weighted by molar-refractivity contribution is 0.414. The van der Waals surface area contributed by atoms with Gasteiger partial charge >= 0.3 is 0 Å². The summed E-state index contributed by atoms with van der Waals surface area (Å²) < 4.78 is 7.26. The zero-order valence-electron chi connectivity index (χ0n) is 11.5. The molecule has 0 aromatic carbocycles. The number of methoxy groups -OCH3 is 1. The van der Waals surface area contributed by atoms with Crippen molar-refractivity contribution in [2.75, 3.05) is 24.8 Å². The van der Waals surface area contributed by atoms with Crippen molar-refractivity contribution >= 4 is 11.5 Å². The monoisotopic (exact) mass is 259 g/mol. The van der Waals surface area contributed by atoms with Crippen molar-refractivity contribution in [2.24, 2.45) is 7.05 Å². The molecule has 100 valence electrons. The summed E-state index contributed by atoms with van der Waals surface area (Å²) in [7, 11) is 5.56. The largest absolute Gasteiger partial charge is 0.494 e. The van der Waals surface area contributed by atoms with Gasteiger partial charge in [-0.1, -0.05) is 0 Å². The Morgan fingerprint density at radius 3 is 2.79 bits per heavy atom. The molecule has 2 aromatic rings. The number of pyridine rings is 1. The maximum Gasteiger partial charge on any atom is 0.147 e. The number of ether oxygens (including phenoxy) is 1. The first-order chi connectivity index (χ1) is 9.04. The zero-order chi connectivity index (χ0) is 13.7. The van der Waals surface area contributed by atoms with E-state index in [4.69, 9.17) is 10.5 Å². The van der Waals surface area contributed by atoms with Crippen LogP contribution in [0.4, 0.5) is 11.5 Å². The molecule has 3 heterocycles. The third-order valence-electron chi connectivity index (χ3n) is 3.72. The number of hydrogen-bond acceptors (Lipinski definition) is 5. The molecule has 0 fully saturated rings. The summed E-state index contributed by atoms with van der Waals surface area (Å²) in [5.41, 5.74) is 10.0. The van der Waals surface area contributed by atoms with E-state index in [0.717, 1.165) is 28.3 Å². The summed E-state index contributed by atoms with van der Waals surface area (Å²) >= 11 is 0. The molecule has 3 rings (SSSR count). The van der Waals surface area contributed by atoms with E-state index in [0.29, 0.717) is 5.82 Å². The second-order valence-corrected chi connectivity index (χ2v) is 4.82. The average molecular weight is 259 g/mol. The molecule has 0 saturated heterocycles. The van der Waals surface area contributed by atoms with Crippen LogP contribution < -0.4 is 15.4 Å². The molecule has 2 N–H and O–H groups in total. The van der Waals surface area contributed by atoms with Gasteiger partial charge in [0.25, 0.3) is 0 Å². The lowest BCUT2D eigenvalue weighted by Gasteiger charge is -2.33. The van der Waals surface area contributed by atoms with Gasteiger partial charge in [0.2, 0.25) is 0 Å². The van der Waals surface area contributed by atoms with Crippen molar-refractivity contribution in [3.63, 3.8) is 0 Å². The fourth-order valence-electron chi connectivity index (χ4n) is 2.65. The highest BCUT2D eigenvalue weighted by Gasteiger charge is 2.33. The molecular weight excluding hydrogens is 242 g/mol. The van der Waals surface area contributed by atoms with E-state index in [1.807, 2.05) is 25.0 Å². The molecule has 1 aliphatic heterocycles. The Hall–Kier alpha value is -2.24. The molecule has 0 amide bonds. The molecule has 6 nitrogen and oxygen atoms in total. The van der Waals surface area contributed by atoms with Gasteiger partial charge in [-0.25, -0.2) is 4.98 Å². The molecule has 19 heavy (non-hydrogen) atoms. The van der Waals surface area contributed by atoms with Crippen LogP contribution >= 0.6 is 0 Å². The van der Waals surface area contributed by atoms with Gasteiger partial charge in [0.1, 0.15) is 11.6 Å². The molecule has 2 aromatic heterocycles. The number of fused-ring (bicyclic) bond motifs is 3. The second kappa shape index (κ2) is 3.88. The van der Waals surface area contributed by atoms with Crippen LogP contribution in [0.5, 0.6) is 5.75 Å². The van der Waals surface area contributed by atoms with Crippen molar-refractivity contribution in [1.82, 2.24) is 14.8 Å². The lowest BCUT2D eigenvalue weighted by atomic mass is 9.95. The van der Waals surface area contributed by atoms with Crippen LogP contribution in [-0.2, 0) is 7.05 Å². The van der Waals surface area contributed by atoms with Gasteiger partial charge in [-0.2, -0.15) is 5.10 Å². The minimum absolute atomic E-state index is 0.153. The summed E-state index contributed by atoms with van der Waals surface area (Å²) in [4.78, 5) is 6.30. The van der Waals surface area contributed by atoms with Gasteiger partial charge in [0.05, 0.1) is 36.3 Å². The molecule has 0 aliphatic carbocycles. The van der Waals surface area contributed by atoms with E-state index in [-0.39, 0.29) is 6.04 Å². The van der Waals surface area contributed by atoms with E-state index >= 15 is 0 Å². The Morgan fingerprint density at radius 1 is 1.37 bits per heavy atom. The van der Waals surface area contributed by atoms with Crippen LogP contribution in [0.1, 0.15) is 18.7 Å². The van der Waals surface area contributed by atoms with Crippen molar-refractivity contribution in [3.05, 3.63) is 18.1 Å². The van der Waals surface area contributed by atoms with Gasteiger partial charge in [0.15, 0.2) is 0 Å². The van der Waals surface area contributed by atoms with Crippen molar-refractivity contribution < 1.29 is 4.74 Å². The summed E-state index contributed by atoms with van der Waals surface area (Å²) in [6.07, 6.45) is 3.66. The highest BCUT2D eigenvalue weighted by molar-refractivity contribution is 5.92. The van der Waals surface area contributed by atoms with Crippen LogP contribution in [-0.4, -0.2) is 28.9 Å². The van der Waals surface area contributed by atoms with E-state index in [1.165, 1.54) is 0 Å². The third-order valence-corrected chi connectivity index (χ3v) is 3.72. The molecular formula is C13H17N5O. The van der Waals surface area contributed by atoms with E-state index < -0.39 is 0 Å². The Labute approximate surface area is 111 Å². The Balaban J connectivity index is 2.39. The van der Waals surface area contributed by atoms with Gasteiger partial charge < -0.3 is 15.4 Å². The zero-order valence-corrected chi connectivity index (χ0v) is 11.5. The number of hydrogen-bond donors (Lipinski definition) is 1.